The number of hydrogen-bond acceptors (Lipinski definition) is 7. The van der Waals surface area contributed by atoms with Crippen molar-refractivity contribution in [1.82, 2.24) is 10.3 Å². The highest BCUT2D eigenvalue weighted by Crippen LogP contribution is 2.38. The monoisotopic (exact) mass is 495 g/mol. The van der Waals surface area contributed by atoms with Gasteiger partial charge in [-0.25, -0.2) is 8.42 Å². The number of nitro groups is 1. The second-order valence-corrected chi connectivity index (χ2v) is 9.49. The molecule has 0 bridgehead atoms. The number of carbonyl (C=O) groups excluding carboxylic acids is 2. The molecule has 1 aromatic heterocycles. The minimum atomic E-state index is -4.60. The summed E-state index contributed by atoms with van der Waals surface area (Å²) in [4.78, 5) is 39.8. The molecule has 3 aromatic rings. The van der Waals surface area contributed by atoms with E-state index in [1.54, 1.807) is 36.7 Å². The third kappa shape index (κ3) is 4.96. The van der Waals surface area contributed by atoms with Crippen LogP contribution in [0.5, 0.6) is 0 Å². The maximum absolute atomic E-state index is 13.7. The summed E-state index contributed by atoms with van der Waals surface area (Å²) in [6.45, 7) is 0.269. The first-order chi connectivity index (χ1) is 16.8. The molecule has 0 radical (unpaired) electrons. The SMILES string of the molecule is O=C(C[C@@H]1C(=O)Nc2ccccc2N1S(=O)(=O)c1ccccc1[N+](=O)[O-])NCCc1ccncc1. The molecule has 35 heavy (non-hydrogen) atoms. The molecule has 0 spiro atoms. The molecule has 0 saturated heterocycles. The second kappa shape index (κ2) is 9.89. The lowest BCUT2D eigenvalue weighted by atomic mass is 10.1. The minimum absolute atomic E-state index is 0.111. The van der Waals surface area contributed by atoms with Crippen molar-refractivity contribution in [3.05, 3.63) is 88.7 Å². The summed E-state index contributed by atoms with van der Waals surface area (Å²) in [5, 5.41) is 16.8. The Morgan fingerprint density at radius 2 is 1.77 bits per heavy atom. The number of nitro benzene ring substituents is 1. The average Bonchev–Trinajstić information content (AvgIpc) is 2.85. The third-order valence-electron chi connectivity index (χ3n) is 5.45. The molecular formula is C23H21N5O6S. The highest BCUT2D eigenvalue weighted by molar-refractivity contribution is 7.93. The summed E-state index contributed by atoms with van der Waals surface area (Å²) in [7, 11) is -4.60. The van der Waals surface area contributed by atoms with E-state index in [-0.39, 0.29) is 17.9 Å². The summed E-state index contributed by atoms with van der Waals surface area (Å²) in [5.41, 5.74) is 0.649. The van der Waals surface area contributed by atoms with Gasteiger partial charge in [0, 0.05) is 25.0 Å². The fourth-order valence-electron chi connectivity index (χ4n) is 3.81. The number of pyridine rings is 1. The second-order valence-electron chi connectivity index (χ2n) is 7.71. The van der Waals surface area contributed by atoms with E-state index in [0.29, 0.717) is 6.42 Å². The van der Waals surface area contributed by atoms with Gasteiger partial charge in [-0.2, -0.15) is 0 Å². The van der Waals surface area contributed by atoms with Gasteiger partial charge in [0.1, 0.15) is 6.04 Å². The van der Waals surface area contributed by atoms with Crippen molar-refractivity contribution >= 4 is 38.9 Å². The summed E-state index contributed by atoms with van der Waals surface area (Å²) < 4.78 is 28.2. The van der Waals surface area contributed by atoms with E-state index >= 15 is 0 Å². The predicted molar refractivity (Wildman–Crippen MR) is 127 cm³/mol. The number of nitrogens with one attached hydrogen (secondary N) is 2. The Balaban J connectivity index is 1.65. The number of rotatable bonds is 8. The maximum atomic E-state index is 13.7. The number of anilines is 2. The van der Waals surface area contributed by atoms with Crippen LogP contribution in [0.2, 0.25) is 0 Å². The zero-order chi connectivity index (χ0) is 25.0. The average molecular weight is 496 g/mol. The van der Waals surface area contributed by atoms with Gasteiger partial charge in [0.2, 0.25) is 11.8 Å². The lowest BCUT2D eigenvalue weighted by molar-refractivity contribution is -0.387. The molecule has 0 aliphatic carbocycles. The fourth-order valence-corrected chi connectivity index (χ4v) is 5.60. The first kappa shape index (κ1) is 23.8. The van der Waals surface area contributed by atoms with Crippen molar-refractivity contribution in [2.45, 2.75) is 23.8 Å². The number of hydrogen-bond donors (Lipinski definition) is 2. The molecule has 1 aliphatic heterocycles. The molecule has 180 valence electrons. The number of aromatic nitrogens is 1. The lowest BCUT2D eigenvalue weighted by Gasteiger charge is -2.36. The van der Waals surface area contributed by atoms with E-state index in [1.165, 1.54) is 24.3 Å². The van der Waals surface area contributed by atoms with Crippen molar-refractivity contribution < 1.29 is 22.9 Å². The first-order valence-electron chi connectivity index (χ1n) is 10.6. The lowest BCUT2D eigenvalue weighted by Crippen LogP contribution is -2.52. The molecule has 4 rings (SSSR count). The Kier molecular flexibility index (Phi) is 6.73. The first-order valence-corrected chi connectivity index (χ1v) is 12.1. The quantitative estimate of drug-likeness (QED) is 0.359. The van der Waals surface area contributed by atoms with Crippen LogP contribution in [-0.2, 0) is 26.0 Å². The molecule has 2 heterocycles. The summed E-state index contributed by atoms with van der Waals surface area (Å²) in [5.74, 6) is -1.25. The smallest absolute Gasteiger partial charge is 0.289 e. The Morgan fingerprint density at radius 3 is 2.51 bits per heavy atom. The van der Waals surface area contributed by atoms with Gasteiger partial charge in [0.25, 0.3) is 15.7 Å². The van der Waals surface area contributed by atoms with Crippen molar-refractivity contribution in [2.75, 3.05) is 16.2 Å². The van der Waals surface area contributed by atoms with Crippen molar-refractivity contribution in [2.24, 2.45) is 0 Å². The Bertz CT molecular complexity index is 1380. The maximum Gasteiger partial charge on any atom is 0.289 e. The molecule has 1 atom stereocenters. The standard InChI is InChI=1S/C23H21N5O6S/c29-22(25-14-11-16-9-12-24-13-10-16)15-20-23(30)26-17-5-1-2-6-18(17)27(20)35(33,34)21-8-4-3-7-19(21)28(31)32/h1-10,12-13,20H,11,14-15H2,(H,25,29)(H,26,30)/t20-/m1/s1. The molecule has 2 amide bonds. The van der Waals surface area contributed by atoms with Crippen LogP contribution in [0, 0.1) is 10.1 Å². The van der Waals surface area contributed by atoms with Gasteiger partial charge in [-0.1, -0.05) is 24.3 Å². The number of amides is 2. The van der Waals surface area contributed by atoms with Crippen LogP contribution in [-0.4, -0.2) is 42.7 Å². The van der Waals surface area contributed by atoms with Crippen molar-refractivity contribution in [3.8, 4) is 0 Å². The topological polar surface area (TPSA) is 152 Å². The normalized spacial score (nSPS) is 15.1. The predicted octanol–water partition coefficient (Wildman–Crippen LogP) is 2.25. The third-order valence-corrected chi connectivity index (χ3v) is 7.32. The summed E-state index contributed by atoms with van der Waals surface area (Å²) in [6, 6.07) is 13.2. The molecule has 2 aromatic carbocycles. The van der Waals surface area contributed by atoms with Gasteiger partial charge in [-0.3, -0.25) is 29.0 Å². The minimum Gasteiger partial charge on any atom is -0.356 e. The van der Waals surface area contributed by atoms with Crippen LogP contribution in [0.25, 0.3) is 0 Å². The molecule has 0 unspecified atom stereocenters. The molecular weight excluding hydrogens is 474 g/mol. The zero-order valence-electron chi connectivity index (χ0n) is 18.3. The van der Waals surface area contributed by atoms with E-state index in [1.807, 2.05) is 0 Å². The number of para-hydroxylation sites is 3. The Hall–Kier alpha value is -4.32. The van der Waals surface area contributed by atoms with Crippen LogP contribution in [0.15, 0.2) is 78.0 Å². The van der Waals surface area contributed by atoms with Gasteiger partial charge in [-0.15, -0.1) is 0 Å². The largest absolute Gasteiger partial charge is 0.356 e. The van der Waals surface area contributed by atoms with Gasteiger partial charge in [-0.05, 0) is 42.3 Å². The zero-order valence-corrected chi connectivity index (χ0v) is 19.1. The number of fused-ring (bicyclic) bond motifs is 1. The highest BCUT2D eigenvalue weighted by Gasteiger charge is 2.43. The van der Waals surface area contributed by atoms with E-state index in [0.717, 1.165) is 22.0 Å². The van der Waals surface area contributed by atoms with Gasteiger partial charge < -0.3 is 10.6 Å². The highest BCUT2D eigenvalue weighted by atomic mass is 32.2. The molecule has 1 aliphatic rings. The van der Waals surface area contributed by atoms with Crippen LogP contribution in [0.1, 0.15) is 12.0 Å². The summed E-state index contributed by atoms with van der Waals surface area (Å²) in [6.07, 6.45) is 3.31. The van der Waals surface area contributed by atoms with Crippen LogP contribution in [0.3, 0.4) is 0 Å². The van der Waals surface area contributed by atoms with Crippen LogP contribution >= 0.6 is 0 Å². The summed E-state index contributed by atoms with van der Waals surface area (Å²) >= 11 is 0. The van der Waals surface area contributed by atoms with Crippen molar-refractivity contribution in [3.63, 3.8) is 0 Å². The number of benzene rings is 2. The van der Waals surface area contributed by atoms with Crippen LogP contribution in [0.4, 0.5) is 17.1 Å². The Labute approximate surface area is 201 Å². The molecule has 0 saturated carbocycles. The fraction of sp³-hybridized carbons (Fsp3) is 0.174. The van der Waals surface area contributed by atoms with Gasteiger partial charge >= 0.3 is 0 Å². The number of sulfonamides is 1. The van der Waals surface area contributed by atoms with Gasteiger partial charge in [0.05, 0.1) is 22.7 Å². The number of nitrogens with zero attached hydrogens (tertiary/aromatic N) is 3. The molecule has 0 fully saturated rings. The van der Waals surface area contributed by atoms with E-state index in [4.69, 9.17) is 0 Å². The molecule has 11 nitrogen and oxygen atoms in total. The van der Waals surface area contributed by atoms with Crippen LogP contribution < -0.4 is 14.9 Å². The molecule has 2 N–H and O–H groups in total. The van der Waals surface area contributed by atoms with E-state index < -0.39 is 49.8 Å². The van der Waals surface area contributed by atoms with E-state index in [9.17, 15) is 28.1 Å². The van der Waals surface area contributed by atoms with E-state index in [2.05, 4.69) is 15.6 Å². The molecule has 12 heteroatoms. The van der Waals surface area contributed by atoms with Gasteiger partial charge in [0.15, 0.2) is 4.90 Å². The van der Waals surface area contributed by atoms with Crippen molar-refractivity contribution in [1.29, 1.82) is 0 Å². The number of carbonyl (C=O) groups is 2. The Morgan fingerprint density at radius 1 is 1.09 bits per heavy atom.